The van der Waals surface area contributed by atoms with Crippen LogP contribution in [0.25, 0.3) is 0 Å². The molecule has 6 heteroatoms. The Kier molecular flexibility index (Phi) is 5.45. The van der Waals surface area contributed by atoms with Crippen LogP contribution in [0.4, 0.5) is 5.69 Å². The molecule has 1 aliphatic heterocycles. The number of hydrogen-bond acceptors (Lipinski definition) is 4. The molecule has 0 unspecified atom stereocenters. The van der Waals surface area contributed by atoms with Gasteiger partial charge in [-0.3, -0.25) is 9.69 Å². The van der Waals surface area contributed by atoms with E-state index in [1.807, 2.05) is 18.2 Å². The SMILES string of the molecule is CN1CCN(Cc2cccc(NC(=O)c3ccc(Cl)nc3)c2)CC1. The van der Waals surface area contributed by atoms with Crippen LogP contribution in [0.2, 0.25) is 5.15 Å². The van der Waals surface area contributed by atoms with Crippen LogP contribution < -0.4 is 5.32 Å². The topological polar surface area (TPSA) is 48.5 Å². The summed E-state index contributed by atoms with van der Waals surface area (Å²) in [5, 5.41) is 3.29. The largest absolute Gasteiger partial charge is 0.322 e. The van der Waals surface area contributed by atoms with Crippen molar-refractivity contribution in [2.24, 2.45) is 0 Å². The minimum Gasteiger partial charge on any atom is -0.322 e. The van der Waals surface area contributed by atoms with Crippen molar-refractivity contribution >= 4 is 23.2 Å². The number of halogens is 1. The van der Waals surface area contributed by atoms with Crippen molar-refractivity contribution in [1.82, 2.24) is 14.8 Å². The third-order valence-corrected chi connectivity index (χ3v) is 4.40. The number of hydrogen-bond donors (Lipinski definition) is 1. The van der Waals surface area contributed by atoms with Crippen LogP contribution in [0.1, 0.15) is 15.9 Å². The van der Waals surface area contributed by atoms with Gasteiger partial charge >= 0.3 is 0 Å². The molecule has 2 aromatic rings. The van der Waals surface area contributed by atoms with E-state index in [-0.39, 0.29) is 5.91 Å². The highest BCUT2D eigenvalue weighted by Gasteiger charge is 2.14. The minimum atomic E-state index is -0.184. The van der Waals surface area contributed by atoms with Gasteiger partial charge in [0, 0.05) is 44.6 Å². The van der Waals surface area contributed by atoms with Gasteiger partial charge in [0.05, 0.1) is 5.56 Å². The Morgan fingerprint density at radius 3 is 2.71 bits per heavy atom. The standard InChI is InChI=1S/C18H21ClN4O/c1-22-7-9-23(10-8-22)13-14-3-2-4-16(11-14)21-18(24)15-5-6-17(19)20-12-15/h2-6,11-12H,7-10,13H2,1H3,(H,21,24). The second-order valence-corrected chi connectivity index (χ2v) is 6.49. The van der Waals surface area contributed by atoms with Gasteiger partial charge in [-0.1, -0.05) is 23.7 Å². The van der Waals surface area contributed by atoms with E-state index in [0.717, 1.165) is 38.4 Å². The number of carbonyl (C=O) groups is 1. The van der Waals surface area contributed by atoms with Crippen LogP contribution in [0, 0.1) is 0 Å². The molecule has 2 heterocycles. The molecule has 1 aromatic heterocycles. The van der Waals surface area contributed by atoms with Gasteiger partial charge in [0.25, 0.3) is 5.91 Å². The van der Waals surface area contributed by atoms with Gasteiger partial charge in [-0.25, -0.2) is 4.98 Å². The first-order valence-electron chi connectivity index (χ1n) is 8.03. The number of carbonyl (C=O) groups excluding carboxylic acids is 1. The quantitative estimate of drug-likeness (QED) is 0.866. The fraction of sp³-hybridized carbons (Fsp3) is 0.333. The zero-order valence-corrected chi connectivity index (χ0v) is 14.5. The van der Waals surface area contributed by atoms with Crippen molar-refractivity contribution in [2.75, 3.05) is 38.5 Å². The highest BCUT2D eigenvalue weighted by Crippen LogP contribution is 2.15. The van der Waals surface area contributed by atoms with Gasteiger partial charge < -0.3 is 10.2 Å². The van der Waals surface area contributed by atoms with Crippen LogP contribution in [0.15, 0.2) is 42.6 Å². The summed E-state index contributed by atoms with van der Waals surface area (Å²) in [5.74, 6) is -0.184. The van der Waals surface area contributed by atoms with Gasteiger partial charge in [-0.05, 0) is 36.9 Å². The predicted molar refractivity (Wildman–Crippen MR) is 96.4 cm³/mol. The van der Waals surface area contributed by atoms with E-state index in [9.17, 15) is 4.79 Å². The lowest BCUT2D eigenvalue weighted by Crippen LogP contribution is -2.43. The lowest BCUT2D eigenvalue weighted by Gasteiger charge is -2.32. The Morgan fingerprint density at radius 1 is 1.21 bits per heavy atom. The third-order valence-electron chi connectivity index (χ3n) is 4.18. The van der Waals surface area contributed by atoms with Gasteiger partial charge in [-0.15, -0.1) is 0 Å². The van der Waals surface area contributed by atoms with Crippen molar-refractivity contribution in [3.05, 3.63) is 58.9 Å². The molecule has 1 aliphatic rings. The average Bonchev–Trinajstić information content (AvgIpc) is 2.58. The minimum absolute atomic E-state index is 0.184. The van der Waals surface area contributed by atoms with E-state index in [2.05, 4.69) is 33.2 Å². The molecule has 0 bridgehead atoms. The van der Waals surface area contributed by atoms with Crippen molar-refractivity contribution in [2.45, 2.75) is 6.54 Å². The van der Waals surface area contributed by atoms with Crippen LogP contribution in [0.5, 0.6) is 0 Å². The monoisotopic (exact) mass is 344 g/mol. The number of benzene rings is 1. The van der Waals surface area contributed by atoms with Gasteiger partial charge in [-0.2, -0.15) is 0 Å². The summed E-state index contributed by atoms with van der Waals surface area (Å²) in [5.41, 5.74) is 2.48. The first-order valence-corrected chi connectivity index (χ1v) is 8.41. The molecule has 5 nitrogen and oxygen atoms in total. The van der Waals surface area contributed by atoms with E-state index in [1.165, 1.54) is 11.8 Å². The fourth-order valence-electron chi connectivity index (χ4n) is 2.73. The maximum atomic E-state index is 12.3. The van der Waals surface area contributed by atoms with E-state index in [1.54, 1.807) is 12.1 Å². The van der Waals surface area contributed by atoms with Crippen LogP contribution >= 0.6 is 11.6 Å². The second-order valence-electron chi connectivity index (χ2n) is 6.10. The smallest absolute Gasteiger partial charge is 0.257 e. The molecule has 126 valence electrons. The van der Waals surface area contributed by atoms with E-state index >= 15 is 0 Å². The highest BCUT2D eigenvalue weighted by atomic mass is 35.5. The Hall–Kier alpha value is -1.95. The lowest BCUT2D eigenvalue weighted by molar-refractivity contribution is 0.102. The molecule has 1 fully saturated rings. The first kappa shape index (κ1) is 16.9. The summed E-state index contributed by atoms with van der Waals surface area (Å²) in [4.78, 5) is 21.0. The van der Waals surface area contributed by atoms with Crippen LogP contribution in [-0.4, -0.2) is 53.9 Å². The van der Waals surface area contributed by atoms with Crippen molar-refractivity contribution < 1.29 is 4.79 Å². The summed E-state index contributed by atoms with van der Waals surface area (Å²) < 4.78 is 0. The predicted octanol–water partition coefficient (Wildman–Crippen LogP) is 2.73. The first-order chi connectivity index (χ1) is 11.6. The molecule has 24 heavy (non-hydrogen) atoms. The third kappa shape index (κ3) is 4.54. The van der Waals surface area contributed by atoms with Gasteiger partial charge in [0.2, 0.25) is 0 Å². The number of aromatic nitrogens is 1. The number of nitrogens with zero attached hydrogens (tertiary/aromatic N) is 3. The summed E-state index contributed by atoms with van der Waals surface area (Å²) in [6.07, 6.45) is 1.48. The van der Waals surface area contributed by atoms with Crippen LogP contribution in [0.3, 0.4) is 0 Å². The number of pyridine rings is 1. The van der Waals surface area contributed by atoms with E-state index in [4.69, 9.17) is 11.6 Å². The van der Waals surface area contributed by atoms with E-state index < -0.39 is 0 Å². The molecule has 0 saturated carbocycles. The van der Waals surface area contributed by atoms with Gasteiger partial charge in [0.1, 0.15) is 5.15 Å². The molecule has 3 rings (SSSR count). The summed E-state index contributed by atoms with van der Waals surface area (Å²) in [6.45, 7) is 5.24. The lowest BCUT2D eigenvalue weighted by atomic mass is 10.1. The zero-order chi connectivity index (χ0) is 16.9. The highest BCUT2D eigenvalue weighted by molar-refractivity contribution is 6.29. The molecule has 0 radical (unpaired) electrons. The second kappa shape index (κ2) is 7.75. The Labute approximate surface area is 147 Å². The average molecular weight is 345 g/mol. The molecule has 0 spiro atoms. The molecular formula is C18H21ClN4O. The maximum Gasteiger partial charge on any atom is 0.257 e. The van der Waals surface area contributed by atoms with Crippen molar-refractivity contribution in [3.63, 3.8) is 0 Å². The Balaban J connectivity index is 1.62. The Bertz CT molecular complexity index is 696. The number of amides is 1. The van der Waals surface area contributed by atoms with Gasteiger partial charge in [0.15, 0.2) is 0 Å². The molecule has 1 aromatic carbocycles. The van der Waals surface area contributed by atoms with Crippen molar-refractivity contribution in [3.8, 4) is 0 Å². The zero-order valence-electron chi connectivity index (χ0n) is 13.7. The summed E-state index contributed by atoms with van der Waals surface area (Å²) >= 11 is 5.75. The number of nitrogens with one attached hydrogen (secondary N) is 1. The number of anilines is 1. The van der Waals surface area contributed by atoms with Crippen LogP contribution in [-0.2, 0) is 6.54 Å². The normalized spacial score (nSPS) is 16.1. The number of rotatable bonds is 4. The fourth-order valence-corrected chi connectivity index (χ4v) is 2.84. The Morgan fingerprint density at radius 2 is 2.00 bits per heavy atom. The molecule has 0 atom stereocenters. The number of piperazine rings is 1. The summed E-state index contributed by atoms with van der Waals surface area (Å²) in [7, 11) is 2.15. The number of likely N-dealkylation sites (N-methyl/N-ethyl adjacent to an activating group) is 1. The molecule has 1 N–H and O–H groups in total. The molecule has 0 aliphatic carbocycles. The van der Waals surface area contributed by atoms with E-state index in [0.29, 0.717) is 10.7 Å². The van der Waals surface area contributed by atoms with Crippen molar-refractivity contribution in [1.29, 1.82) is 0 Å². The maximum absolute atomic E-state index is 12.3. The molecular weight excluding hydrogens is 324 g/mol. The summed E-state index contributed by atoms with van der Waals surface area (Å²) in [6, 6.07) is 11.3. The molecule has 1 saturated heterocycles. The molecule has 1 amide bonds.